The van der Waals surface area contributed by atoms with Crippen LogP contribution in [0.4, 0.5) is 0 Å². The van der Waals surface area contributed by atoms with E-state index in [1.807, 2.05) is 30.3 Å². The van der Waals surface area contributed by atoms with Gasteiger partial charge in [0.05, 0.1) is 11.1 Å². The first-order valence-electron chi connectivity index (χ1n) is 11.0. The number of benzene rings is 2. The number of hydrogen-bond donors (Lipinski definition) is 1. The molecule has 0 aromatic heterocycles. The van der Waals surface area contributed by atoms with Crippen LogP contribution in [0, 0.1) is 0 Å². The van der Waals surface area contributed by atoms with Crippen LogP contribution >= 0.6 is 0 Å². The van der Waals surface area contributed by atoms with Gasteiger partial charge in [0.15, 0.2) is 0 Å². The van der Waals surface area contributed by atoms with Gasteiger partial charge in [-0.25, -0.2) is 0 Å². The number of amides is 3. The van der Waals surface area contributed by atoms with Gasteiger partial charge in [-0.05, 0) is 30.5 Å². The van der Waals surface area contributed by atoms with Crippen molar-refractivity contribution in [1.29, 1.82) is 0 Å². The lowest BCUT2D eigenvalue weighted by atomic mass is 9.96. The fourth-order valence-corrected chi connectivity index (χ4v) is 4.53. The molecule has 1 fully saturated rings. The number of carbonyl (C=O) groups excluding carboxylic acids is 3. The molecule has 2 aromatic carbocycles. The molecule has 30 heavy (non-hydrogen) atoms. The molecule has 5 nitrogen and oxygen atoms in total. The molecule has 2 aromatic rings. The average Bonchev–Trinajstić information content (AvgIpc) is 2.99. The molecule has 2 aliphatic rings. The number of nitrogens with zero attached hydrogens (tertiary/aromatic N) is 1. The number of fused-ring (bicyclic) bond motifs is 1. The molecule has 0 bridgehead atoms. The zero-order valence-corrected chi connectivity index (χ0v) is 17.2. The van der Waals surface area contributed by atoms with Crippen molar-refractivity contribution in [3.8, 4) is 0 Å². The summed E-state index contributed by atoms with van der Waals surface area (Å²) in [4.78, 5) is 40.7. The van der Waals surface area contributed by atoms with Crippen molar-refractivity contribution >= 4 is 17.7 Å². The summed E-state index contributed by atoms with van der Waals surface area (Å²) in [6.45, 7) is 0. The second-order valence-electron chi connectivity index (χ2n) is 8.28. The maximum atomic E-state index is 13.4. The molecule has 0 radical (unpaired) electrons. The first kappa shape index (κ1) is 20.3. The summed E-state index contributed by atoms with van der Waals surface area (Å²) in [5, 5.41) is 3.17. The fraction of sp³-hybridized carbons (Fsp3) is 0.400. The molecule has 0 spiro atoms. The Morgan fingerprint density at radius 2 is 1.37 bits per heavy atom. The Morgan fingerprint density at radius 1 is 0.833 bits per heavy atom. The van der Waals surface area contributed by atoms with Gasteiger partial charge in [-0.1, -0.05) is 74.6 Å². The monoisotopic (exact) mass is 404 g/mol. The highest BCUT2D eigenvalue weighted by Gasteiger charge is 2.42. The number of imide groups is 1. The average molecular weight is 405 g/mol. The summed E-state index contributed by atoms with van der Waals surface area (Å²) in [6.07, 6.45) is 8.05. The van der Waals surface area contributed by atoms with Crippen molar-refractivity contribution in [3.05, 3.63) is 71.3 Å². The van der Waals surface area contributed by atoms with Crippen LogP contribution in [0.2, 0.25) is 0 Å². The maximum absolute atomic E-state index is 13.4. The van der Waals surface area contributed by atoms with Crippen molar-refractivity contribution in [1.82, 2.24) is 10.2 Å². The molecular weight excluding hydrogens is 376 g/mol. The van der Waals surface area contributed by atoms with Gasteiger partial charge in [0.25, 0.3) is 11.8 Å². The standard InChI is InChI=1S/C25H28N2O3/c28-23(26-19-13-7-2-1-3-8-14-19)22(17-18-11-5-4-6-12-18)27-24(29)20-15-9-10-16-21(20)25(27)30/h4-6,9-12,15-16,19,22H,1-3,7-8,13-14,17H2,(H,26,28)/t22-/m0/s1. The second-order valence-corrected chi connectivity index (χ2v) is 8.28. The Labute approximate surface area is 177 Å². The quantitative estimate of drug-likeness (QED) is 0.762. The van der Waals surface area contributed by atoms with E-state index in [9.17, 15) is 14.4 Å². The summed E-state index contributed by atoms with van der Waals surface area (Å²) in [5.41, 5.74) is 1.67. The first-order chi connectivity index (χ1) is 14.6. The van der Waals surface area contributed by atoms with Gasteiger partial charge in [0, 0.05) is 12.5 Å². The van der Waals surface area contributed by atoms with E-state index in [4.69, 9.17) is 0 Å². The van der Waals surface area contributed by atoms with E-state index in [-0.39, 0.29) is 23.8 Å². The maximum Gasteiger partial charge on any atom is 0.262 e. The molecule has 1 N–H and O–H groups in total. The Morgan fingerprint density at radius 3 is 1.97 bits per heavy atom. The number of hydrogen-bond acceptors (Lipinski definition) is 3. The van der Waals surface area contributed by atoms with Gasteiger partial charge in [-0.3, -0.25) is 19.3 Å². The van der Waals surface area contributed by atoms with Crippen LogP contribution in [-0.2, 0) is 11.2 Å². The summed E-state index contributed by atoms with van der Waals surface area (Å²) in [5.74, 6) is -1.01. The van der Waals surface area contributed by atoms with Gasteiger partial charge < -0.3 is 5.32 Å². The minimum Gasteiger partial charge on any atom is -0.352 e. The third kappa shape index (κ3) is 4.30. The molecule has 1 heterocycles. The predicted octanol–water partition coefficient (Wildman–Crippen LogP) is 4.12. The molecule has 0 saturated heterocycles. The van der Waals surface area contributed by atoms with Crippen molar-refractivity contribution < 1.29 is 14.4 Å². The van der Waals surface area contributed by atoms with Crippen molar-refractivity contribution in [3.63, 3.8) is 0 Å². The molecule has 1 saturated carbocycles. The molecule has 1 atom stereocenters. The van der Waals surface area contributed by atoms with Gasteiger partial charge >= 0.3 is 0 Å². The van der Waals surface area contributed by atoms with E-state index in [1.54, 1.807) is 24.3 Å². The van der Waals surface area contributed by atoms with Gasteiger partial charge in [0.1, 0.15) is 6.04 Å². The van der Waals surface area contributed by atoms with Gasteiger partial charge in [-0.2, -0.15) is 0 Å². The van der Waals surface area contributed by atoms with Crippen LogP contribution in [0.5, 0.6) is 0 Å². The highest BCUT2D eigenvalue weighted by Crippen LogP contribution is 2.26. The lowest BCUT2D eigenvalue weighted by molar-refractivity contribution is -0.125. The predicted molar refractivity (Wildman–Crippen MR) is 115 cm³/mol. The molecule has 0 unspecified atom stereocenters. The first-order valence-corrected chi connectivity index (χ1v) is 11.0. The van der Waals surface area contributed by atoms with Crippen LogP contribution < -0.4 is 5.32 Å². The van der Waals surface area contributed by atoms with E-state index in [2.05, 4.69) is 5.32 Å². The molecule has 5 heteroatoms. The third-order valence-electron chi connectivity index (χ3n) is 6.16. The minimum absolute atomic E-state index is 0.103. The normalized spacial score (nSPS) is 18.5. The Balaban J connectivity index is 1.59. The molecule has 1 aliphatic heterocycles. The van der Waals surface area contributed by atoms with Crippen LogP contribution in [-0.4, -0.2) is 34.7 Å². The van der Waals surface area contributed by atoms with Crippen LogP contribution in [0.15, 0.2) is 54.6 Å². The Bertz CT molecular complexity index is 882. The number of rotatable bonds is 5. The van der Waals surface area contributed by atoms with E-state index < -0.39 is 6.04 Å². The summed E-state index contributed by atoms with van der Waals surface area (Å²) in [6, 6.07) is 15.6. The fourth-order valence-electron chi connectivity index (χ4n) is 4.53. The lowest BCUT2D eigenvalue weighted by Crippen LogP contribution is -2.53. The highest BCUT2D eigenvalue weighted by atomic mass is 16.2. The van der Waals surface area contributed by atoms with Crippen molar-refractivity contribution in [2.75, 3.05) is 0 Å². The van der Waals surface area contributed by atoms with Crippen LogP contribution in [0.1, 0.15) is 71.2 Å². The summed E-state index contributed by atoms with van der Waals surface area (Å²) < 4.78 is 0. The van der Waals surface area contributed by atoms with Crippen LogP contribution in [0.25, 0.3) is 0 Å². The second kappa shape index (κ2) is 9.24. The molecule has 3 amide bonds. The zero-order valence-electron chi connectivity index (χ0n) is 17.2. The summed E-state index contributed by atoms with van der Waals surface area (Å²) in [7, 11) is 0. The molecule has 4 rings (SSSR count). The minimum atomic E-state index is -0.856. The van der Waals surface area contributed by atoms with E-state index >= 15 is 0 Å². The zero-order chi connectivity index (χ0) is 20.9. The smallest absolute Gasteiger partial charge is 0.262 e. The molecule has 156 valence electrons. The largest absolute Gasteiger partial charge is 0.352 e. The van der Waals surface area contributed by atoms with Gasteiger partial charge in [0.2, 0.25) is 5.91 Å². The highest BCUT2D eigenvalue weighted by molar-refractivity contribution is 6.22. The van der Waals surface area contributed by atoms with Crippen LogP contribution in [0.3, 0.4) is 0 Å². The summed E-state index contributed by atoms with van der Waals surface area (Å²) >= 11 is 0. The third-order valence-corrected chi connectivity index (χ3v) is 6.16. The van der Waals surface area contributed by atoms with E-state index in [1.165, 1.54) is 19.3 Å². The molecule has 1 aliphatic carbocycles. The SMILES string of the molecule is O=C(NC1CCCCCCC1)[C@H](Cc1ccccc1)N1C(=O)c2ccccc2C1=O. The van der Waals surface area contributed by atoms with Crippen molar-refractivity contribution in [2.24, 2.45) is 0 Å². The number of carbonyl (C=O) groups is 3. The Hall–Kier alpha value is -2.95. The van der Waals surface area contributed by atoms with Crippen molar-refractivity contribution in [2.45, 2.75) is 63.5 Å². The Kier molecular flexibility index (Phi) is 6.26. The van der Waals surface area contributed by atoms with E-state index in [0.29, 0.717) is 17.5 Å². The topological polar surface area (TPSA) is 66.5 Å². The molecular formula is C25H28N2O3. The van der Waals surface area contributed by atoms with E-state index in [0.717, 1.165) is 36.1 Å². The van der Waals surface area contributed by atoms with Gasteiger partial charge in [-0.15, -0.1) is 0 Å². The number of nitrogens with one attached hydrogen (secondary N) is 1. The lowest BCUT2D eigenvalue weighted by Gasteiger charge is -2.29.